The minimum Gasteiger partial charge on any atom is -0.393 e. The predicted octanol–water partition coefficient (Wildman–Crippen LogP) is 5.89. The second-order valence-corrected chi connectivity index (χ2v) is 10.2. The summed E-state index contributed by atoms with van der Waals surface area (Å²) in [7, 11) is 0. The minimum atomic E-state index is -0.614. The van der Waals surface area contributed by atoms with E-state index in [1.165, 1.54) is 12.8 Å². The number of aliphatic hydroxyl groups is 2. The van der Waals surface area contributed by atoms with Gasteiger partial charge in [-0.2, -0.15) is 0 Å². The maximum absolute atomic E-state index is 10.5. The largest absolute Gasteiger partial charge is 0.393 e. The van der Waals surface area contributed by atoms with Gasteiger partial charge in [0.05, 0.1) is 36.1 Å². The van der Waals surface area contributed by atoms with Crippen LogP contribution in [0, 0.1) is 5.92 Å². The molecule has 0 spiro atoms. The Labute approximate surface area is 193 Å². The van der Waals surface area contributed by atoms with Gasteiger partial charge in [0, 0.05) is 19.6 Å². The molecule has 0 fully saturated rings. The molecule has 0 rings (SSSR count). The van der Waals surface area contributed by atoms with Gasteiger partial charge in [-0.05, 0) is 71.6 Å². The molecule has 0 radical (unpaired) electrons. The Morgan fingerprint density at radius 3 is 1.84 bits per heavy atom. The Morgan fingerprint density at radius 2 is 1.32 bits per heavy atom. The predicted molar refractivity (Wildman–Crippen MR) is 130 cm³/mol. The Balaban J connectivity index is 4.37. The van der Waals surface area contributed by atoms with E-state index in [1.807, 2.05) is 13.8 Å². The van der Waals surface area contributed by atoms with Crippen LogP contribution in [0.2, 0.25) is 0 Å². The van der Waals surface area contributed by atoms with E-state index in [1.54, 1.807) is 0 Å². The maximum Gasteiger partial charge on any atom is 0.0882 e. The summed E-state index contributed by atoms with van der Waals surface area (Å²) in [6, 6.07) is 0. The van der Waals surface area contributed by atoms with Crippen LogP contribution in [0.15, 0.2) is 0 Å². The molecule has 0 aromatic rings. The fourth-order valence-electron chi connectivity index (χ4n) is 3.49. The van der Waals surface area contributed by atoms with E-state index in [0.717, 1.165) is 44.6 Å². The van der Waals surface area contributed by atoms with Gasteiger partial charge in [0.25, 0.3) is 0 Å². The first-order valence-electron chi connectivity index (χ1n) is 12.7. The van der Waals surface area contributed by atoms with Crippen LogP contribution in [0.1, 0.15) is 113 Å². The molecule has 0 saturated heterocycles. The lowest BCUT2D eigenvalue weighted by Crippen LogP contribution is -2.39. The molecular weight excluding hydrogens is 392 g/mol. The van der Waals surface area contributed by atoms with E-state index in [4.69, 9.17) is 14.2 Å². The van der Waals surface area contributed by atoms with Crippen LogP contribution in [0.25, 0.3) is 0 Å². The summed E-state index contributed by atoms with van der Waals surface area (Å²) in [6.07, 6.45) is 7.94. The smallest absolute Gasteiger partial charge is 0.0882 e. The molecule has 0 bridgehead atoms. The zero-order valence-electron chi connectivity index (χ0n) is 22.0. The van der Waals surface area contributed by atoms with E-state index >= 15 is 0 Å². The van der Waals surface area contributed by atoms with Crippen LogP contribution in [-0.2, 0) is 14.2 Å². The van der Waals surface area contributed by atoms with E-state index in [-0.39, 0.29) is 24.4 Å². The third-order valence-electron chi connectivity index (χ3n) is 7.16. The summed E-state index contributed by atoms with van der Waals surface area (Å²) in [4.78, 5) is 0. The highest BCUT2D eigenvalue weighted by molar-refractivity contribution is 4.80. The van der Waals surface area contributed by atoms with Crippen molar-refractivity contribution in [1.82, 2.24) is 0 Å². The molecule has 5 atom stereocenters. The van der Waals surface area contributed by atoms with Crippen molar-refractivity contribution in [2.24, 2.45) is 5.92 Å². The van der Waals surface area contributed by atoms with Crippen LogP contribution in [-0.4, -0.2) is 59.5 Å². The number of hydrogen-bond acceptors (Lipinski definition) is 5. The quantitative estimate of drug-likeness (QED) is 0.228. The van der Waals surface area contributed by atoms with Crippen LogP contribution < -0.4 is 0 Å². The fourth-order valence-corrected chi connectivity index (χ4v) is 3.49. The summed E-state index contributed by atoms with van der Waals surface area (Å²) in [5, 5.41) is 19.9. The standard InChI is InChI=1S/C26H54O5/c1-9-22(5)15-13-17-29-24(6,10-2)16-14-18-30-25(7,11-3)19-23(28)20-31-26(8,12-4)21-27/h22-23,27-28H,9-21H2,1-8H3. The van der Waals surface area contributed by atoms with E-state index < -0.39 is 11.7 Å². The van der Waals surface area contributed by atoms with Gasteiger partial charge in [-0.25, -0.2) is 0 Å². The van der Waals surface area contributed by atoms with Crippen LogP contribution in [0.5, 0.6) is 0 Å². The second kappa shape index (κ2) is 15.6. The number of ether oxygens (including phenoxy) is 3. The Kier molecular flexibility index (Phi) is 15.5. The molecule has 0 saturated carbocycles. The second-order valence-electron chi connectivity index (χ2n) is 10.2. The molecule has 31 heavy (non-hydrogen) atoms. The van der Waals surface area contributed by atoms with E-state index in [0.29, 0.717) is 19.4 Å². The zero-order chi connectivity index (χ0) is 24.0. The first-order valence-corrected chi connectivity index (χ1v) is 12.7. The zero-order valence-corrected chi connectivity index (χ0v) is 22.0. The molecule has 0 heterocycles. The Morgan fingerprint density at radius 1 is 0.774 bits per heavy atom. The van der Waals surface area contributed by atoms with Gasteiger partial charge >= 0.3 is 0 Å². The highest BCUT2D eigenvalue weighted by Gasteiger charge is 2.30. The molecule has 0 aromatic carbocycles. The Bertz CT molecular complexity index is 440. The topological polar surface area (TPSA) is 68.2 Å². The van der Waals surface area contributed by atoms with Gasteiger partial charge < -0.3 is 24.4 Å². The lowest BCUT2D eigenvalue weighted by atomic mass is 9.94. The molecule has 0 amide bonds. The normalized spacial score (nSPS) is 19.9. The average Bonchev–Trinajstić information content (AvgIpc) is 2.77. The lowest BCUT2D eigenvalue weighted by molar-refractivity contribution is -0.121. The van der Waals surface area contributed by atoms with Crippen LogP contribution >= 0.6 is 0 Å². The van der Waals surface area contributed by atoms with Crippen LogP contribution in [0.3, 0.4) is 0 Å². The number of hydrogen-bond donors (Lipinski definition) is 2. The molecule has 0 aromatic heterocycles. The molecule has 5 nitrogen and oxygen atoms in total. The van der Waals surface area contributed by atoms with Gasteiger partial charge in [0.15, 0.2) is 0 Å². The molecule has 0 aliphatic rings. The maximum atomic E-state index is 10.5. The van der Waals surface area contributed by atoms with Gasteiger partial charge in [0.1, 0.15) is 0 Å². The van der Waals surface area contributed by atoms with E-state index in [9.17, 15) is 10.2 Å². The van der Waals surface area contributed by atoms with E-state index in [2.05, 4.69) is 41.5 Å². The van der Waals surface area contributed by atoms with Gasteiger partial charge in [-0.15, -0.1) is 0 Å². The number of aliphatic hydroxyl groups excluding tert-OH is 2. The molecule has 5 heteroatoms. The molecule has 0 aliphatic heterocycles. The van der Waals surface area contributed by atoms with Crippen molar-refractivity contribution in [3.8, 4) is 0 Å². The van der Waals surface area contributed by atoms with Gasteiger partial charge in [0.2, 0.25) is 0 Å². The third kappa shape index (κ3) is 13.2. The first kappa shape index (κ1) is 30.8. The summed E-state index contributed by atoms with van der Waals surface area (Å²) in [5.74, 6) is 0.775. The molecule has 0 aliphatic carbocycles. The monoisotopic (exact) mass is 446 g/mol. The van der Waals surface area contributed by atoms with Crippen molar-refractivity contribution < 1.29 is 24.4 Å². The molecule has 2 N–H and O–H groups in total. The summed E-state index contributed by atoms with van der Waals surface area (Å²) < 4.78 is 18.2. The summed E-state index contributed by atoms with van der Waals surface area (Å²) >= 11 is 0. The lowest BCUT2D eigenvalue weighted by Gasteiger charge is -2.34. The number of rotatable bonds is 20. The molecular formula is C26H54O5. The highest BCUT2D eigenvalue weighted by atomic mass is 16.5. The van der Waals surface area contributed by atoms with Crippen molar-refractivity contribution >= 4 is 0 Å². The summed E-state index contributed by atoms with van der Waals surface area (Å²) in [6.45, 7) is 18.6. The van der Waals surface area contributed by atoms with Crippen LogP contribution in [0.4, 0.5) is 0 Å². The average molecular weight is 447 g/mol. The van der Waals surface area contributed by atoms with Crippen molar-refractivity contribution in [3.63, 3.8) is 0 Å². The van der Waals surface area contributed by atoms with Crippen molar-refractivity contribution in [3.05, 3.63) is 0 Å². The minimum absolute atomic E-state index is 0.0480. The third-order valence-corrected chi connectivity index (χ3v) is 7.16. The summed E-state index contributed by atoms with van der Waals surface area (Å²) in [5.41, 5.74) is -1.07. The first-order chi connectivity index (χ1) is 14.5. The molecule has 188 valence electrons. The van der Waals surface area contributed by atoms with Gasteiger partial charge in [-0.3, -0.25) is 0 Å². The van der Waals surface area contributed by atoms with Crippen molar-refractivity contribution in [2.75, 3.05) is 26.4 Å². The Hall–Kier alpha value is -0.200. The fraction of sp³-hybridized carbons (Fsp3) is 1.00. The van der Waals surface area contributed by atoms with Crippen molar-refractivity contribution in [2.45, 2.75) is 136 Å². The molecule has 5 unspecified atom stereocenters. The highest BCUT2D eigenvalue weighted by Crippen LogP contribution is 2.26. The van der Waals surface area contributed by atoms with Crippen molar-refractivity contribution in [1.29, 1.82) is 0 Å². The SMILES string of the molecule is CCC(C)CCCOC(C)(CC)CCCOC(C)(CC)CC(O)COC(C)(CC)CO. The van der Waals surface area contributed by atoms with Gasteiger partial charge in [-0.1, -0.05) is 41.0 Å².